The summed E-state index contributed by atoms with van der Waals surface area (Å²) < 4.78 is 13.0. The fourth-order valence-corrected chi connectivity index (χ4v) is 2.16. The third-order valence-corrected chi connectivity index (χ3v) is 3.35. The van der Waals surface area contributed by atoms with Crippen LogP contribution in [-0.4, -0.2) is 41.3 Å². The molecule has 1 atom stereocenters. The Morgan fingerprint density at radius 1 is 1.55 bits per heavy atom. The maximum atomic E-state index is 13.0. The first-order valence-electron chi connectivity index (χ1n) is 6.56. The van der Waals surface area contributed by atoms with Gasteiger partial charge in [0, 0.05) is 19.7 Å². The summed E-state index contributed by atoms with van der Waals surface area (Å²) in [5.41, 5.74) is -0.322. The average molecular weight is 307 g/mol. The first kappa shape index (κ1) is 15.6. The van der Waals surface area contributed by atoms with E-state index in [1.165, 1.54) is 17.0 Å². The van der Waals surface area contributed by atoms with Gasteiger partial charge in [-0.2, -0.15) is 0 Å². The molecule has 1 aliphatic rings. The highest BCUT2D eigenvalue weighted by atomic mass is 19.1. The van der Waals surface area contributed by atoms with E-state index in [0.717, 1.165) is 18.2 Å². The summed E-state index contributed by atoms with van der Waals surface area (Å²) in [4.78, 5) is 35.0. The molecule has 0 bridgehead atoms. The molecule has 0 saturated carbocycles. The van der Waals surface area contributed by atoms with Crippen molar-refractivity contribution in [3.05, 3.63) is 45.8 Å². The van der Waals surface area contributed by atoms with Gasteiger partial charge in [-0.25, -0.2) is 4.39 Å². The van der Waals surface area contributed by atoms with Crippen molar-refractivity contribution in [3.63, 3.8) is 0 Å². The van der Waals surface area contributed by atoms with Crippen LogP contribution in [0.3, 0.4) is 0 Å². The number of hydrogen-bond acceptors (Lipinski definition) is 4. The number of rotatable bonds is 4. The number of nitrogens with one attached hydrogen (secondary N) is 1. The SMILES string of the molecule is CN1CC[C@H](NC(=O)/C=C\c2ccc(F)cc2[N+](=O)[O-])C1=O. The van der Waals surface area contributed by atoms with Gasteiger partial charge in [-0.3, -0.25) is 19.7 Å². The number of halogens is 1. The smallest absolute Gasteiger partial charge is 0.279 e. The molecular formula is C14H14FN3O4. The van der Waals surface area contributed by atoms with E-state index in [-0.39, 0.29) is 11.5 Å². The Bertz CT molecular complexity index is 659. The van der Waals surface area contributed by atoms with Crippen LogP contribution in [-0.2, 0) is 9.59 Å². The number of amides is 2. The number of hydrogen-bond donors (Lipinski definition) is 1. The van der Waals surface area contributed by atoms with Gasteiger partial charge in [-0.1, -0.05) is 0 Å². The largest absolute Gasteiger partial charge is 0.344 e. The minimum Gasteiger partial charge on any atom is -0.344 e. The van der Waals surface area contributed by atoms with Crippen LogP contribution in [0.1, 0.15) is 12.0 Å². The van der Waals surface area contributed by atoms with Crippen molar-refractivity contribution >= 4 is 23.6 Å². The van der Waals surface area contributed by atoms with Crippen LogP contribution >= 0.6 is 0 Å². The molecular weight excluding hydrogens is 293 g/mol. The Morgan fingerprint density at radius 3 is 2.86 bits per heavy atom. The Balaban J connectivity index is 2.07. The van der Waals surface area contributed by atoms with Crippen LogP contribution in [0.5, 0.6) is 0 Å². The summed E-state index contributed by atoms with van der Waals surface area (Å²) in [6.07, 6.45) is 2.83. The summed E-state index contributed by atoms with van der Waals surface area (Å²) >= 11 is 0. The molecule has 1 saturated heterocycles. The average Bonchev–Trinajstić information content (AvgIpc) is 2.78. The van der Waals surface area contributed by atoms with Gasteiger partial charge < -0.3 is 10.2 Å². The Kier molecular flexibility index (Phi) is 4.50. The van der Waals surface area contributed by atoms with Crippen molar-refractivity contribution in [2.75, 3.05) is 13.6 Å². The van der Waals surface area contributed by atoms with E-state index in [2.05, 4.69) is 5.32 Å². The van der Waals surface area contributed by atoms with Gasteiger partial charge >= 0.3 is 0 Å². The highest BCUT2D eigenvalue weighted by molar-refractivity contribution is 5.96. The summed E-state index contributed by atoms with van der Waals surface area (Å²) in [5.74, 6) is -1.44. The standard InChI is InChI=1S/C14H14FN3O4/c1-17-7-6-11(14(17)20)16-13(19)5-3-9-2-4-10(15)8-12(9)18(21)22/h2-5,8,11H,6-7H2,1H3,(H,16,19)/b5-3-/t11-/m0/s1. The van der Waals surface area contributed by atoms with Crippen LogP contribution in [0.2, 0.25) is 0 Å². The number of nitrogens with zero attached hydrogens (tertiary/aromatic N) is 2. The lowest BCUT2D eigenvalue weighted by Crippen LogP contribution is -2.39. The second-order valence-corrected chi connectivity index (χ2v) is 4.90. The number of benzene rings is 1. The number of likely N-dealkylation sites (tertiary alicyclic amines) is 1. The fraction of sp³-hybridized carbons (Fsp3) is 0.286. The number of nitro benzene ring substituents is 1. The normalized spacial score (nSPS) is 18.0. The van der Waals surface area contributed by atoms with E-state index in [1.54, 1.807) is 7.05 Å². The lowest BCUT2D eigenvalue weighted by atomic mass is 10.1. The predicted octanol–water partition coefficient (Wildman–Crippen LogP) is 1.09. The molecule has 7 nitrogen and oxygen atoms in total. The predicted molar refractivity (Wildman–Crippen MR) is 76.3 cm³/mol. The molecule has 2 rings (SSSR count). The van der Waals surface area contributed by atoms with Gasteiger partial charge in [0.2, 0.25) is 11.8 Å². The van der Waals surface area contributed by atoms with Crippen LogP contribution in [0, 0.1) is 15.9 Å². The van der Waals surface area contributed by atoms with Gasteiger partial charge in [-0.15, -0.1) is 0 Å². The number of carbonyl (C=O) groups is 2. The summed E-state index contributed by atoms with van der Waals surface area (Å²) in [6.45, 7) is 0.566. The maximum absolute atomic E-state index is 13.0. The van der Waals surface area contributed by atoms with E-state index >= 15 is 0 Å². The Morgan fingerprint density at radius 2 is 2.27 bits per heavy atom. The second-order valence-electron chi connectivity index (χ2n) is 4.90. The van der Waals surface area contributed by atoms with Gasteiger partial charge in [0.15, 0.2) is 0 Å². The second kappa shape index (κ2) is 6.33. The van der Waals surface area contributed by atoms with Crippen LogP contribution in [0.25, 0.3) is 6.08 Å². The number of nitro groups is 1. The Labute approximate surface area is 125 Å². The molecule has 0 spiro atoms. The molecule has 0 aliphatic carbocycles. The quantitative estimate of drug-likeness (QED) is 0.512. The number of likely N-dealkylation sites (N-methyl/N-ethyl adjacent to an activating group) is 1. The molecule has 8 heteroatoms. The summed E-state index contributed by atoms with van der Waals surface area (Å²) in [6, 6.07) is 2.49. The highest BCUT2D eigenvalue weighted by Crippen LogP contribution is 2.21. The zero-order chi connectivity index (χ0) is 16.3. The van der Waals surface area contributed by atoms with Gasteiger partial charge in [-0.05, 0) is 24.6 Å². The minimum atomic E-state index is -0.729. The lowest BCUT2D eigenvalue weighted by molar-refractivity contribution is -0.385. The maximum Gasteiger partial charge on any atom is 0.279 e. The third-order valence-electron chi connectivity index (χ3n) is 3.35. The van der Waals surface area contributed by atoms with Crippen molar-refractivity contribution < 1.29 is 18.9 Å². The van der Waals surface area contributed by atoms with Crippen LogP contribution < -0.4 is 5.32 Å². The van der Waals surface area contributed by atoms with Crippen molar-refractivity contribution in [3.8, 4) is 0 Å². The van der Waals surface area contributed by atoms with Gasteiger partial charge in [0.1, 0.15) is 11.9 Å². The fourth-order valence-electron chi connectivity index (χ4n) is 2.16. The molecule has 1 heterocycles. The highest BCUT2D eigenvalue weighted by Gasteiger charge is 2.29. The van der Waals surface area contributed by atoms with Crippen LogP contribution in [0.15, 0.2) is 24.3 Å². The van der Waals surface area contributed by atoms with Gasteiger partial charge in [0.25, 0.3) is 5.69 Å². The van der Waals surface area contributed by atoms with E-state index in [9.17, 15) is 24.1 Å². The molecule has 0 aromatic heterocycles. The topological polar surface area (TPSA) is 92.6 Å². The summed E-state index contributed by atoms with van der Waals surface area (Å²) in [7, 11) is 1.65. The lowest BCUT2D eigenvalue weighted by Gasteiger charge is -2.10. The first-order chi connectivity index (χ1) is 10.4. The monoisotopic (exact) mass is 307 g/mol. The molecule has 22 heavy (non-hydrogen) atoms. The van der Waals surface area contributed by atoms with Gasteiger partial charge in [0.05, 0.1) is 16.6 Å². The molecule has 0 unspecified atom stereocenters. The van der Waals surface area contributed by atoms with Crippen molar-refractivity contribution in [2.24, 2.45) is 0 Å². The van der Waals surface area contributed by atoms with Crippen molar-refractivity contribution in [2.45, 2.75) is 12.5 Å². The summed E-state index contributed by atoms with van der Waals surface area (Å²) in [5, 5.41) is 13.4. The molecule has 0 radical (unpaired) electrons. The zero-order valence-electron chi connectivity index (χ0n) is 11.8. The van der Waals surface area contributed by atoms with E-state index in [4.69, 9.17) is 0 Å². The third kappa shape index (κ3) is 3.46. The molecule has 1 N–H and O–H groups in total. The minimum absolute atomic E-state index is 0.108. The zero-order valence-corrected chi connectivity index (χ0v) is 11.8. The Hall–Kier alpha value is -2.77. The van der Waals surface area contributed by atoms with E-state index in [0.29, 0.717) is 13.0 Å². The van der Waals surface area contributed by atoms with Crippen LogP contribution in [0.4, 0.5) is 10.1 Å². The molecule has 2 amide bonds. The van der Waals surface area contributed by atoms with E-state index < -0.39 is 28.4 Å². The molecule has 1 aromatic rings. The molecule has 1 fully saturated rings. The number of carbonyl (C=O) groups excluding carboxylic acids is 2. The molecule has 116 valence electrons. The van der Waals surface area contributed by atoms with Crippen molar-refractivity contribution in [1.29, 1.82) is 0 Å². The van der Waals surface area contributed by atoms with E-state index in [1.807, 2.05) is 0 Å². The first-order valence-corrected chi connectivity index (χ1v) is 6.56. The van der Waals surface area contributed by atoms with Crippen molar-refractivity contribution in [1.82, 2.24) is 10.2 Å². The molecule has 1 aromatic carbocycles. The molecule has 1 aliphatic heterocycles.